The number of piperidine rings is 1. The lowest BCUT2D eigenvalue weighted by Gasteiger charge is -2.60. The third kappa shape index (κ3) is 1.17. The Balaban J connectivity index is 1.86. The third-order valence-corrected chi connectivity index (χ3v) is 6.43. The number of hydrogen-bond acceptors (Lipinski definition) is 4. The molecule has 4 heteroatoms. The number of likely N-dealkylation sites (N-methyl/N-ethyl adjacent to an activating group) is 1. The molecule has 2 aliphatic heterocycles. The van der Waals surface area contributed by atoms with Gasteiger partial charge in [-0.15, -0.1) is 0 Å². The number of likely N-dealkylation sites (tertiary alicyclic amines) is 1. The van der Waals surface area contributed by atoms with E-state index >= 15 is 0 Å². The first kappa shape index (κ1) is 13.0. The molecule has 2 aliphatic carbocycles. The van der Waals surface area contributed by atoms with E-state index in [9.17, 15) is 5.11 Å². The Labute approximate surface area is 130 Å². The summed E-state index contributed by atoms with van der Waals surface area (Å²) in [6.45, 7) is 0.997. The highest BCUT2D eigenvalue weighted by Crippen LogP contribution is 2.63. The fraction of sp³-hybridized carbons (Fsp3) is 0.556. The van der Waals surface area contributed by atoms with Crippen LogP contribution in [0.15, 0.2) is 24.3 Å². The predicted molar refractivity (Wildman–Crippen MR) is 82.5 cm³/mol. The van der Waals surface area contributed by atoms with Crippen LogP contribution < -0.4 is 9.47 Å². The van der Waals surface area contributed by atoms with Gasteiger partial charge in [0.25, 0.3) is 0 Å². The van der Waals surface area contributed by atoms with Crippen LogP contribution in [0.25, 0.3) is 0 Å². The van der Waals surface area contributed by atoms with Crippen LogP contribution in [-0.4, -0.2) is 48.5 Å². The van der Waals surface area contributed by atoms with Gasteiger partial charge in [-0.25, -0.2) is 0 Å². The monoisotopic (exact) mass is 299 g/mol. The second kappa shape index (κ2) is 3.87. The smallest absolute Gasteiger partial charge is 0.165 e. The predicted octanol–water partition coefficient (Wildman–Crippen LogP) is 1.65. The van der Waals surface area contributed by atoms with Crippen molar-refractivity contribution in [3.8, 4) is 11.5 Å². The summed E-state index contributed by atoms with van der Waals surface area (Å²) in [7, 11) is 3.81. The van der Waals surface area contributed by atoms with Gasteiger partial charge in [-0.2, -0.15) is 0 Å². The average molecular weight is 299 g/mol. The molecule has 1 aromatic carbocycles. The van der Waals surface area contributed by atoms with Gasteiger partial charge >= 0.3 is 0 Å². The highest BCUT2D eigenvalue weighted by atomic mass is 16.5. The number of benzene rings is 1. The molecule has 4 atom stereocenters. The Kier molecular flexibility index (Phi) is 2.28. The summed E-state index contributed by atoms with van der Waals surface area (Å²) in [6.07, 6.45) is 6.81. The van der Waals surface area contributed by atoms with Gasteiger partial charge in [-0.05, 0) is 38.1 Å². The zero-order valence-corrected chi connectivity index (χ0v) is 13.0. The van der Waals surface area contributed by atoms with E-state index in [0.717, 1.165) is 37.3 Å². The van der Waals surface area contributed by atoms with Crippen LogP contribution in [0, 0.1) is 0 Å². The lowest BCUT2D eigenvalue weighted by atomic mass is 9.51. The maximum atomic E-state index is 11.7. The molecule has 0 amide bonds. The van der Waals surface area contributed by atoms with Gasteiger partial charge in [-0.1, -0.05) is 18.2 Å². The van der Waals surface area contributed by atoms with Crippen LogP contribution in [-0.2, 0) is 11.8 Å². The largest absolute Gasteiger partial charge is 0.493 e. The topological polar surface area (TPSA) is 41.9 Å². The van der Waals surface area contributed by atoms with Crippen LogP contribution in [0.5, 0.6) is 11.5 Å². The summed E-state index contributed by atoms with van der Waals surface area (Å²) in [5.74, 6) is 1.66. The summed E-state index contributed by atoms with van der Waals surface area (Å²) in [6, 6.07) is 4.29. The van der Waals surface area contributed by atoms with Gasteiger partial charge in [0.1, 0.15) is 11.7 Å². The second-order valence-electron chi connectivity index (χ2n) is 7.12. The molecule has 2 bridgehead atoms. The Bertz CT molecular complexity index is 700. The number of ether oxygens (including phenoxy) is 2. The summed E-state index contributed by atoms with van der Waals surface area (Å²) in [5, 5.41) is 11.7. The Morgan fingerprint density at radius 1 is 1.41 bits per heavy atom. The molecule has 1 aromatic rings. The molecule has 4 aliphatic rings. The van der Waals surface area contributed by atoms with E-state index in [-0.39, 0.29) is 17.6 Å². The summed E-state index contributed by atoms with van der Waals surface area (Å²) >= 11 is 0. The first-order valence-corrected chi connectivity index (χ1v) is 8.09. The molecule has 0 radical (unpaired) electrons. The SMILES string of the molecule is COc1ccc2c3c1OC1CC=CC4(O)C(C2)N(C)CCC314. The Morgan fingerprint density at radius 3 is 3.09 bits per heavy atom. The summed E-state index contributed by atoms with van der Waals surface area (Å²) in [5.41, 5.74) is 1.38. The zero-order chi connectivity index (χ0) is 15.1. The average Bonchev–Trinajstić information content (AvgIpc) is 2.85. The van der Waals surface area contributed by atoms with Crippen molar-refractivity contribution in [1.29, 1.82) is 0 Å². The minimum atomic E-state index is -0.840. The van der Waals surface area contributed by atoms with E-state index in [2.05, 4.69) is 24.1 Å². The van der Waals surface area contributed by atoms with Gasteiger partial charge < -0.3 is 14.6 Å². The van der Waals surface area contributed by atoms with Gasteiger partial charge in [-0.3, -0.25) is 4.90 Å². The maximum absolute atomic E-state index is 11.7. The first-order valence-electron chi connectivity index (χ1n) is 8.09. The van der Waals surface area contributed by atoms with Crippen LogP contribution in [0.3, 0.4) is 0 Å². The molecular formula is C18H21NO3. The summed E-state index contributed by atoms with van der Waals surface area (Å²) in [4.78, 5) is 2.31. The second-order valence-corrected chi connectivity index (χ2v) is 7.12. The minimum absolute atomic E-state index is 0.0176. The third-order valence-electron chi connectivity index (χ3n) is 6.43. The van der Waals surface area contributed by atoms with Gasteiger partial charge in [0.05, 0.1) is 12.5 Å². The standard InChI is InChI=1S/C18H21NO3/c1-19-9-8-17-14-4-3-7-18(17,20)13(19)10-11-5-6-12(21-2)16(22-14)15(11)17/h3,5-7,13-14,20H,4,8-10H2,1-2H3. The van der Waals surface area contributed by atoms with Crippen molar-refractivity contribution in [2.24, 2.45) is 0 Å². The fourth-order valence-electron chi connectivity index (χ4n) is 5.43. The van der Waals surface area contributed by atoms with Crippen molar-refractivity contribution in [2.75, 3.05) is 20.7 Å². The van der Waals surface area contributed by atoms with E-state index < -0.39 is 5.60 Å². The molecule has 0 aromatic heterocycles. The van der Waals surface area contributed by atoms with Crippen molar-refractivity contribution in [1.82, 2.24) is 4.90 Å². The quantitative estimate of drug-likeness (QED) is 0.801. The number of nitrogens with zero attached hydrogens (tertiary/aromatic N) is 1. The molecule has 4 unspecified atom stereocenters. The number of aliphatic hydroxyl groups is 1. The van der Waals surface area contributed by atoms with E-state index in [1.54, 1.807) is 7.11 Å². The molecule has 2 heterocycles. The number of rotatable bonds is 1. The maximum Gasteiger partial charge on any atom is 0.165 e. The highest BCUT2D eigenvalue weighted by Gasteiger charge is 2.69. The number of hydrogen-bond donors (Lipinski definition) is 1. The van der Waals surface area contributed by atoms with Crippen LogP contribution in [0.1, 0.15) is 24.0 Å². The van der Waals surface area contributed by atoms with Crippen LogP contribution in [0.2, 0.25) is 0 Å². The fourth-order valence-corrected chi connectivity index (χ4v) is 5.43. The van der Waals surface area contributed by atoms with Crippen LogP contribution in [0.4, 0.5) is 0 Å². The lowest BCUT2D eigenvalue weighted by Crippen LogP contribution is -2.73. The van der Waals surface area contributed by atoms with Crippen LogP contribution >= 0.6 is 0 Å². The van der Waals surface area contributed by atoms with Crippen molar-refractivity contribution in [3.63, 3.8) is 0 Å². The van der Waals surface area contributed by atoms with E-state index in [0.29, 0.717) is 0 Å². The summed E-state index contributed by atoms with van der Waals surface area (Å²) < 4.78 is 11.9. The van der Waals surface area contributed by atoms with Gasteiger partial charge in [0.2, 0.25) is 0 Å². The molecule has 5 rings (SSSR count). The Morgan fingerprint density at radius 2 is 2.27 bits per heavy atom. The van der Waals surface area contributed by atoms with E-state index in [1.165, 1.54) is 11.1 Å². The van der Waals surface area contributed by atoms with E-state index in [1.807, 2.05) is 12.1 Å². The molecule has 0 saturated carbocycles. The van der Waals surface area contributed by atoms with Gasteiger partial charge in [0.15, 0.2) is 11.5 Å². The molecule has 1 spiro atoms. The molecule has 4 nitrogen and oxygen atoms in total. The molecule has 22 heavy (non-hydrogen) atoms. The van der Waals surface area contributed by atoms with Crippen molar-refractivity contribution < 1.29 is 14.6 Å². The Hall–Kier alpha value is -1.52. The number of methoxy groups -OCH3 is 1. The normalized spacial score (nSPS) is 41.0. The lowest BCUT2D eigenvalue weighted by molar-refractivity contribution is -0.133. The minimum Gasteiger partial charge on any atom is -0.493 e. The molecule has 116 valence electrons. The molecule has 1 N–H and O–H groups in total. The van der Waals surface area contributed by atoms with E-state index in [4.69, 9.17) is 9.47 Å². The van der Waals surface area contributed by atoms with Crippen molar-refractivity contribution in [3.05, 3.63) is 35.4 Å². The molecule has 1 saturated heterocycles. The zero-order valence-electron chi connectivity index (χ0n) is 13.0. The van der Waals surface area contributed by atoms with Crippen molar-refractivity contribution in [2.45, 2.75) is 42.4 Å². The van der Waals surface area contributed by atoms with Gasteiger partial charge in [0, 0.05) is 18.0 Å². The molecule has 1 fully saturated rings. The first-order chi connectivity index (χ1) is 10.6. The highest BCUT2D eigenvalue weighted by molar-refractivity contribution is 5.63. The van der Waals surface area contributed by atoms with Crippen molar-refractivity contribution >= 4 is 0 Å². The molecular weight excluding hydrogens is 278 g/mol.